The van der Waals surface area contributed by atoms with E-state index in [0.29, 0.717) is 27.6 Å². The molecule has 24 heavy (non-hydrogen) atoms. The lowest BCUT2D eigenvalue weighted by molar-refractivity contribution is -0.119. The smallest absolute Gasteiger partial charge is 0.277 e. The molecule has 0 aliphatic carbocycles. The minimum atomic E-state index is -0.562. The van der Waals surface area contributed by atoms with Crippen LogP contribution in [0.15, 0.2) is 47.5 Å². The van der Waals surface area contributed by atoms with Crippen molar-refractivity contribution in [2.45, 2.75) is 6.92 Å². The van der Waals surface area contributed by atoms with Gasteiger partial charge in [-0.1, -0.05) is 41.4 Å². The van der Waals surface area contributed by atoms with E-state index in [1.165, 1.54) is 7.11 Å². The SMILES string of the molecule is COc1ccccc1C1=C(Cl)C(=O)N(c2ccc(Cl)cc2C)C1=O. The minimum absolute atomic E-state index is 0.126. The van der Waals surface area contributed by atoms with Crippen molar-refractivity contribution in [2.75, 3.05) is 12.0 Å². The highest BCUT2D eigenvalue weighted by molar-refractivity contribution is 6.60. The van der Waals surface area contributed by atoms with Gasteiger partial charge in [-0.15, -0.1) is 0 Å². The number of ether oxygens (including phenoxy) is 1. The Labute approximate surface area is 149 Å². The monoisotopic (exact) mass is 361 g/mol. The van der Waals surface area contributed by atoms with Crippen LogP contribution in [-0.4, -0.2) is 18.9 Å². The van der Waals surface area contributed by atoms with E-state index in [-0.39, 0.29) is 10.6 Å². The van der Waals surface area contributed by atoms with Gasteiger partial charge in [0.25, 0.3) is 11.8 Å². The molecular weight excluding hydrogens is 349 g/mol. The van der Waals surface area contributed by atoms with Crippen molar-refractivity contribution in [1.82, 2.24) is 0 Å². The van der Waals surface area contributed by atoms with Crippen LogP contribution in [0.3, 0.4) is 0 Å². The van der Waals surface area contributed by atoms with Crippen LogP contribution in [-0.2, 0) is 9.59 Å². The van der Waals surface area contributed by atoms with Crippen LogP contribution in [0.4, 0.5) is 5.69 Å². The molecule has 1 heterocycles. The fraction of sp³-hybridized carbons (Fsp3) is 0.111. The Bertz CT molecular complexity index is 890. The van der Waals surface area contributed by atoms with Gasteiger partial charge in [0.2, 0.25) is 0 Å². The molecule has 6 heteroatoms. The Morgan fingerprint density at radius 3 is 2.38 bits per heavy atom. The lowest BCUT2D eigenvalue weighted by Crippen LogP contribution is -2.31. The van der Waals surface area contributed by atoms with Crippen LogP contribution in [0.1, 0.15) is 11.1 Å². The van der Waals surface area contributed by atoms with Gasteiger partial charge in [-0.25, -0.2) is 4.90 Å². The molecule has 2 aromatic rings. The summed E-state index contributed by atoms with van der Waals surface area (Å²) in [6.45, 7) is 1.77. The number of imide groups is 1. The van der Waals surface area contributed by atoms with Gasteiger partial charge in [0.15, 0.2) is 0 Å². The summed E-state index contributed by atoms with van der Waals surface area (Å²) < 4.78 is 5.28. The number of nitrogens with zero attached hydrogens (tertiary/aromatic N) is 1. The summed E-state index contributed by atoms with van der Waals surface area (Å²) >= 11 is 12.1. The van der Waals surface area contributed by atoms with E-state index >= 15 is 0 Å². The molecule has 1 aliphatic heterocycles. The van der Waals surface area contributed by atoms with Gasteiger partial charge >= 0.3 is 0 Å². The molecule has 0 saturated carbocycles. The first-order chi connectivity index (χ1) is 11.5. The summed E-state index contributed by atoms with van der Waals surface area (Å²) in [6, 6.07) is 11.9. The van der Waals surface area contributed by atoms with Crippen LogP contribution in [0.2, 0.25) is 5.02 Å². The van der Waals surface area contributed by atoms with Gasteiger partial charge in [-0.2, -0.15) is 0 Å². The average molecular weight is 362 g/mol. The molecule has 122 valence electrons. The van der Waals surface area contributed by atoms with Gasteiger partial charge in [0.1, 0.15) is 10.8 Å². The number of rotatable bonds is 3. The maximum Gasteiger partial charge on any atom is 0.277 e. The molecule has 1 aliphatic rings. The van der Waals surface area contributed by atoms with Gasteiger partial charge in [-0.3, -0.25) is 9.59 Å². The number of aryl methyl sites for hydroxylation is 1. The molecule has 0 unspecified atom stereocenters. The zero-order chi connectivity index (χ0) is 17.4. The summed E-state index contributed by atoms with van der Waals surface area (Å²) in [5.41, 5.74) is 1.78. The van der Waals surface area contributed by atoms with E-state index in [9.17, 15) is 9.59 Å². The summed E-state index contributed by atoms with van der Waals surface area (Å²) in [6.07, 6.45) is 0. The fourth-order valence-electron chi connectivity index (χ4n) is 2.68. The third-order valence-electron chi connectivity index (χ3n) is 3.80. The highest BCUT2D eigenvalue weighted by atomic mass is 35.5. The van der Waals surface area contributed by atoms with E-state index in [0.717, 1.165) is 4.90 Å². The van der Waals surface area contributed by atoms with E-state index < -0.39 is 11.8 Å². The third-order valence-corrected chi connectivity index (χ3v) is 4.39. The molecule has 2 amide bonds. The quantitative estimate of drug-likeness (QED) is 0.770. The Hall–Kier alpha value is -2.30. The number of hydrogen-bond acceptors (Lipinski definition) is 3. The van der Waals surface area contributed by atoms with Crippen molar-refractivity contribution in [2.24, 2.45) is 0 Å². The zero-order valence-corrected chi connectivity index (χ0v) is 14.5. The predicted octanol–water partition coefficient (Wildman–Crippen LogP) is 4.18. The molecule has 0 radical (unpaired) electrons. The van der Waals surface area contributed by atoms with Gasteiger partial charge in [0, 0.05) is 10.6 Å². The standard InChI is InChI=1S/C18H13Cl2NO3/c1-10-9-11(19)7-8-13(10)21-17(22)15(16(20)18(21)23)12-5-3-4-6-14(12)24-2/h3-9H,1-2H3. The molecule has 0 spiro atoms. The van der Waals surface area contributed by atoms with Crippen LogP contribution < -0.4 is 9.64 Å². The molecule has 0 atom stereocenters. The van der Waals surface area contributed by atoms with Crippen LogP contribution in [0, 0.1) is 6.92 Å². The number of amides is 2. The summed E-state index contributed by atoms with van der Waals surface area (Å²) in [7, 11) is 1.50. The zero-order valence-electron chi connectivity index (χ0n) is 13.0. The van der Waals surface area contributed by atoms with Crippen molar-refractivity contribution >= 4 is 46.3 Å². The molecular formula is C18H13Cl2NO3. The average Bonchev–Trinajstić information content (AvgIpc) is 2.78. The van der Waals surface area contributed by atoms with Crippen LogP contribution in [0.25, 0.3) is 5.57 Å². The molecule has 0 fully saturated rings. The van der Waals surface area contributed by atoms with Crippen LogP contribution >= 0.6 is 23.2 Å². The highest BCUT2D eigenvalue weighted by Gasteiger charge is 2.40. The minimum Gasteiger partial charge on any atom is -0.496 e. The van der Waals surface area contributed by atoms with Gasteiger partial charge < -0.3 is 4.74 Å². The van der Waals surface area contributed by atoms with E-state index in [4.69, 9.17) is 27.9 Å². The largest absolute Gasteiger partial charge is 0.496 e. The molecule has 0 aromatic heterocycles. The predicted molar refractivity (Wildman–Crippen MR) is 94.4 cm³/mol. The summed E-state index contributed by atoms with van der Waals surface area (Å²) in [5, 5.41) is 0.401. The number of anilines is 1. The molecule has 0 saturated heterocycles. The Morgan fingerprint density at radius 2 is 1.71 bits per heavy atom. The lowest BCUT2D eigenvalue weighted by Gasteiger charge is -2.18. The lowest BCUT2D eigenvalue weighted by atomic mass is 10.0. The number of para-hydroxylation sites is 1. The number of methoxy groups -OCH3 is 1. The van der Waals surface area contributed by atoms with E-state index in [2.05, 4.69) is 0 Å². The second-order valence-corrected chi connectivity index (χ2v) is 6.08. The maximum atomic E-state index is 12.9. The van der Waals surface area contributed by atoms with E-state index in [1.54, 1.807) is 49.4 Å². The van der Waals surface area contributed by atoms with E-state index in [1.807, 2.05) is 0 Å². The Morgan fingerprint density at radius 1 is 1.00 bits per heavy atom. The van der Waals surface area contributed by atoms with Gasteiger partial charge in [0.05, 0.1) is 18.4 Å². The number of hydrogen-bond donors (Lipinski definition) is 0. The van der Waals surface area contributed by atoms with Crippen molar-refractivity contribution in [3.05, 3.63) is 63.6 Å². The van der Waals surface area contributed by atoms with Crippen molar-refractivity contribution in [3.8, 4) is 5.75 Å². The fourth-order valence-corrected chi connectivity index (χ4v) is 3.17. The third kappa shape index (κ3) is 2.58. The summed E-state index contributed by atoms with van der Waals surface area (Å²) in [5.74, 6) is -0.575. The molecule has 3 rings (SSSR count). The van der Waals surface area contributed by atoms with Crippen molar-refractivity contribution < 1.29 is 14.3 Å². The number of carbonyl (C=O) groups excluding carboxylic acids is 2. The second kappa shape index (κ2) is 6.30. The molecule has 2 aromatic carbocycles. The van der Waals surface area contributed by atoms with Crippen LogP contribution in [0.5, 0.6) is 5.75 Å². The first-order valence-electron chi connectivity index (χ1n) is 7.13. The first kappa shape index (κ1) is 16.6. The highest BCUT2D eigenvalue weighted by Crippen LogP contribution is 2.39. The topological polar surface area (TPSA) is 46.6 Å². The van der Waals surface area contributed by atoms with Crippen molar-refractivity contribution in [1.29, 1.82) is 0 Å². The number of halogens is 2. The second-order valence-electron chi connectivity index (χ2n) is 5.27. The first-order valence-corrected chi connectivity index (χ1v) is 7.89. The number of carbonyl (C=O) groups is 2. The molecule has 0 N–H and O–H groups in total. The Kier molecular flexibility index (Phi) is 4.35. The van der Waals surface area contributed by atoms with Crippen molar-refractivity contribution in [3.63, 3.8) is 0 Å². The van der Waals surface area contributed by atoms with Gasteiger partial charge in [-0.05, 0) is 36.8 Å². The molecule has 0 bridgehead atoms. The summed E-state index contributed by atoms with van der Waals surface area (Å²) in [4.78, 5) is 26.6. The maximum absolute atomic E-state index is 12.9. The number of benzene rings is 2. The normalized spacial score (nSPS) is 14.6. The Balaban J connectivity index is 2.11. The molecule has 4 nitrogen and oxygen atoms in total.